The number of carbonyl (C=O) groups excluding carboxylic acids is 1. The van der Waals surface area contributed by atoms with Crippen LogP contribution in [-0.4, -0.2) is 41.1 Å². The van der Waals surface area contributed by atoms with Crippen LogP contribution < -0.4 is 5.32 Å². The molecule has 0 bridgehead atoms. The van der Waals surface area contributed by atoms with Crippen molar-refractivity contribution >= 4 is 17.5 Å². The summed E-state index contributed by atoms with van der Waals surface area (Å²) in [4.78, 5) is 14.5. The van der Waals surface area contributed by atoms with Crippen molar-refractivity contribution in [3.63, 3.8) is 0 Å². The summed E-state index contributed by atoms with van der Waals surface area (Å²) in [7, 11) is 1.95. The number of hydrogen-bond acceptors (Lipinski definition) is 3. The highest BCUT2D eigenvalue weighted by Gasteiger charge is 2.42. The molecule has 1 heterocycles. The lowest BCUT2D eigenvalue weighted by Crippen LogP contribution is -2.50. The van der Waals surface area contributed by atoms with Crippen molar-refractivity contribution in [3.05, 3.63) is 34.6 Å². The number of benzene rings is 1. The first-order valence-electron chi connectivity index (χ1n) is 8.09. The number of rotatable bonds is 3. The Hall–Kier alpha value is -1.17. The minimum Gasteiger partial charge on any atom is -0.380 e. The summed E-state index contributed by atoms with van der Waals surface area (Å²) in [6, 6.07) is 4.51. The van der Waals surface area contributed by atoms with E-state index in [4.69, 9.17) is 11.6 Å². The molecule has 126 valence electrons. The van der Waals surface area contributed by atoms with Gasteiger partial charge in [-0.25, -0.2) is 4.39 Å². The molecule has 2 fully saturated rings. The van der Waals surface area contributed by atoms with Gasteiger partial charge < -0.3 is 10.4 Å². The Bertz CT molecular complexity index is 604. The number of likely N-dealkylation sites (tertiary alicyclic amines) is 1. The van der Waals surface area contributed by atoms with Gasteiger partial charge in [0, 0.05) is 12.6 Å². The van der Waals surface area contributed by atoms with Crippen molar-refractivity contribution in [2.24, 2.45) is 0 Å². The number of aliphatic hydroxyl groups is 1. The van der Waals surface area contributed by atoms with E-state index in [-0.39, 0.29) is 23.0 Å². The van der Waals surface area contributed by atoms with E-state index in [0.717, 1.165) is 31.4 Å². The van der Waals surface area contributed by atoms with Crippen LogP contribution in [0.25, 0.3) is 0 Å². The predicted octanol–water partition coefficient (Wildman–Crippen LogP) is 2.65. The largest absolute Gasteiger partial charge is 0.380 e. The topological polar surface area (TPSA) is 52.6 Å². The second-order valence-corrected chi connectivity index (χ2v) is 7.11. The van der Waals surface area contributed by atoms with Gasteiger partial charge in [-0.05, 0) is 56.8 Å². The van der Waals surface area contributed by atoms with Crippen molar-refractivity contribution in [2.45, 2.75) is 49.8 Å². The third-order valence-electron chi connectivity index (χ3n) is 5.10. The minimum atomic E-state index is -1.24. The van der Waals surface area contributed by atoms with Gasteiger partial charge >= 0.3 is 0 Å². The summed E-state index contributed by atoms with van der Waals surface area (Å²) in [5.74, 6) is -0.751. The van der Waals surface area contributed by atoms with Gasteiger partial charge in [0.1, 0.15) is 11.4 Å². The highest BCUT2D eigenvalue weighted by atomic mass is 35.5. The monoisotopic (exact) mass is 340 g/mol. The van der Waals surface area contributed by atoms with Crippen molar-refractivity contribution < 1.29 is 14.3 Å². The fourth-order valence-corrected chi connectivity index (χ4v) is 3.89. The normalized spacial score (nSPS) is 27.3. The van der Waals surface area contributed by atoms with Crippen molar-refractivity contribution in [1.82, 2.24) is 10.2 Å². The first-order valence-corrected chi connectivity index (χ1v) is 8.47. The van der Waals surface area contributed by atoms with E-state index in [1.54, 1.807) is 12.1 Å². The molecule has 0 aromatic heterocycles. The quantitative estimate of drug-likeness (QED) is 0.889. The Morgan fingerprint density at radius 2 is 2.13 bits per heavy atom. The Morgan fingerprint density at radius 1 is 1.43 bits per heavy atom. The lowest BCUT2D eigenvalue weighted by molar-refractivity contribution is -0.140. The van der Waals surface area contributed by atoms with E-state index in [1.165, 1.54) is 6.07 Å². The molecule has 2 aliphatic rings. The maximum atomic E-state index is 13.8. The summed E-state index contributed by atoms with van der Waals surface area (Å²) in [5.41, 5.74) is -0.452. The van der Waals surface area contributed by atoms with E-state index in [2.05, 4.69) is 10.2 Å². The number of likely N-dealkylation sites (N-methyl/N-ethyl adjacent to an activating group) is 1. The fourth-order valence-electron chi connectivity index (χ4n) is 3.77. The molecule has 1 amide bonds. The number of nitrogens with zero attached hydrogens (tertiary/aromatic N) is 1. The van der Waals surface area contributed by atoms with E-state index in [1.807, 2.05) is 7.05 Å². The van der Waals surface area contributed by atoms with Gasteiger partial charge in [-0.2, -0.15) is 0 Å². The highest BCUT2D eigenvalue weighted by molar-refractivity contribution is 6.30. The summed E-state index contributed by atoms with van der Waals surface area (Å²) in [6.07, 6.45) is 3.55. The van der Waals surface area contributed by atoms with Crippen LogP contribution >= 0.6 is 11.6 Å². The van der Waals surface area contributed by atoms with Gasteiger partial charge in [-0.3, -0.25) is 9.69 Å². The first kappa shape index (κ1) is 16.7. The first-order chi connectivity index (χ1) is 10.9. The third-order valence-corrected chi connectivity index (χ3v) is 5.41. The lowest BCUT2D eigenvalue weighted by Gasteiger charge is -2.29. The number of nitrogens with one attached hydrogen (secondary N) is 1. The van der Waals surface area contributed by atoms with E-state index in [0.29, 0.717) is 12.8 Å². The van der Waals surface area contributed by atoms with Crippen LogP contribution in [0.1, 0.15) is 43.7 Å². The molecule has 2 atom stereocenters. The molecule has 1 aliphatic carbocycles. The lowest BCUT2D eigenvalue weighted by atomic mass is 9.97. The molecule has 1 aromatic rings. The molecular formula is C17H22ClFN2O2. The van der Waals surface area contributed by atoms with Crippen molar-refractivity contribution in [2.75, 3.05) is 13.6 Å². The fraction of sp³-hybridized carbons (Fsp3) is 0.588. The number of halogens is 2. The smallest absolute Gasteiger partial charge is 0.252 e. The van der Waals surface area contributed by atoms with Crippen LogP contribution in [-0.2, 0) is 4.79 Å². The molecule has 1 saturated carbocycles. The van der Waals surface area contributed by atoms with E-state index >= 15 is 0 Å². The Morgan fingerprint density at radius 3 is 2.78 bits per heavy atom. The van der Waals surface area contributed by atoms with Gasteiger partial charge in [0.2, 0.25) is 0 Å². The Kier molecular flexibility index (Phi) is 4.63. The number of amides is 1. The standard InChI is InChI=1S/C17H22ClFN2O2/c1-21-9-6-14(20-16(22)17(23)7-2-3-8-17)15(21)11-4-5-12(18)13(19)10-11/h4-5,10,14-15,23H,2-3,6-9H2,1H3,(H,20,22). The molecule has 2 unspecified atom stereocenters. The molecule has 2 N–H and O–H groups in total. The molecule has 3 rings (SSSR count). The summed E-state index contributed by atoms with van der Waals surface area (Å²) >= 11 is 5.76. The van der Waals surface area contributed by atoms with Crippen LogP contribution in [0.2, 0.25) is 5.02 Å². The SMILES string of the molecule is CN1CCC(NC(=O)C2(O)CCCC2)C1c1ccc(Cl)c(F)c1. The van der Waals surface area contributed by atoms with E-state index < -0.39 is 11.4 Å². The average Bonchev–Trinajstić information content (AvgIpc) is 3.10. The molecule has 0 radical (unpaired) electrons. The summed E-state index contributed by atoms with van der Waals surface area (Å²) in [5, 5.41) is 13.5. The van der Waals surface area contributed by atoms with Gasteiger partial charge in [-0.1, -0.05) is 17.7 Å². The summed E-state index contributed by atoms with van der Waals surface area (Å²) in [6.45, 7) is 0.804. The Balaban J connectivity index is 1.78. The van der Waals surface area contributed by atoms with Gasteiger partial charge in [0.15, 0.2) is 0 Å². The zero-order valence-corrected chi connectivity index (χ0v) is 13.9. The van der Waals surface area contributed by atoms with Crippen LogP contribution in [0.3, 0.4) is 0 Å². The van der Waals surface area contributed by atoms with Gasteiger partial charge in [0.05, 0.1) is 11.1 Å². The molecule has 1 aromatic carbocycles. The second kappa shape index (κ2) is 6.38. The van der Waals surface area contributed by atoms with Crippen LogP contribution in [0.4, 0.5) is 4.39 Å². The highest BCUT2D eigenvalue weighted by Crippen LogP contribution is 2.34. The molecule has 1 saturated heterocycles. The molecule has 1 aliphatic heterocycles. The predicted molar refractivity (Wildman–Crippen MR) is 86.7 cm³/mol. The number of hydrogen-bond donors (Lipinski definition) is 2. The average molecular weight is 341 g/mol. The zero-order valence-electron chi connectivity index (χ0n) is 13.2. The molecule has 4 nitrogen and oxygen atoms in total. The molecule has 23 heavy (non-hydrogen) atoms. The van der Waals surface area contributed by atoms with Gasteiger partial charge in [-0.15, -0.1) is 0 Å². The number of carbonyl (C=O) groups is 1. The Labute approximate surface area is 140 Å². The maximum Gasteiger partial charge on any atom is 0.252 e. The minimum absolute atomic E-state index is 0.0928. The third kappa shape index (κ3) is 3.23. The van der Waals surface area contributed by atoms with Crippen molar-refractivity contribution in [1.29, 1.82) is 0 Å². The summed E-state index contributed by atoms with van der Waals surface area (Å²) < 4.78 is 13.8. The zero-order chi connectivity index (χ0) is 16.6. The van der Waals surface area contributed by atoms with Crippen molar-refractivity contribution in [3.8, 4) is 0 Å². The van der Waals surface area contributed by atoms with Crippen LogP contribution in [0.15, 0.2) is 18.2 Å². The van der Waals surface area contributed by atoms with E-state index in [9.17, 15) is 14.3 Å². The van der Waals surface area contributed by atoms with Crippen LogP contribution in [0, 0.1) is 5.82 Å². The molecule has 6 heteroatoms. The maximum absolute atomic E-state index is 13.8. The second-order valence-electron chi connectivity index (χ2n) is 6.71. The van der Waals surface area contributed by atoms with Gasteiger partial charge in [0.25, 0.3) is 5.91 Å². The molecule has 0 spiro atoms. The van der Waals surface area contributed by atoms with Crippen LogP contribution in [0.5, 0.6) is 0 Å². The molecular weight excluding hydrogens is 319 g/mol.